The number of ketones is 1. The van der Waals surface area contributed by atoms with Crippen molar-refractivity contribution in [3.05, 3.63) is 18.0 Å². The van der Waals surface area contributed by atoms with Crippen LogP contribution < -0.4 is 5.73 Å². The highest BCUT2D eigenvalue weighted by Crippen LogP contribution is 2.38. The summed E-state index contributed by atoms with van der Waals surface area (Å²) in [5, 5.41) is 4.51. The lowest BCUT2D eigenvalue weighted by Gasteiger charge is -2.24. The zero-order chi connectivity index (χ0) is 13.9. The molecular weight excluding hydrogens is 238 g/mol. The molecule has 1 unspecified atom stereocenters. The van der Waals surface area contributed by atoms with Crippen molar-refractivity contribution in [1.82, 2.24) is 9.78 Å². The number of nitrogens with zero attached hydrogens (tertiary/aromatic N) is 2. The summed E-state index contributed by atoms with van der Waals surface area (Å²) in [6.45, 7) is 4.76. The van der Waals surface area contributed by atoms with Gasteiger partial charge in [0.2, 0.25) is 0 Å². The topological polar surface area (TPSA) is 60.9 Å². The molecule has 1 aliphatic rings. The standard InChI is InChI=1S/C15H25N3O/c1-3-12(2)18-9-6-13(17-18)10-14(19)15(11-16)7-4-5-8-15/h6,9,12H,3-5,7-8,10-11,16H2,1-2H3. The molecule has 1 heterocycles. The quantitative estimate of drug-likeness (QED) is 0.857. The van der Waals surface area contributed by atoms with Gasteiger partial charge >= 0.3 is 0 Å². The van der Waals surface area contributed by atoms with Crippen LogP contribution in [0.2, 0.25) is 0 Å². The van der Waals surface area contributed by atoms with E-state index in [2.05, 4.69) is 18.9 Å². The number of Topliss-reactive ketones (excluding diaryl/α,β-unsaturated/α-hetero) is 1. The predicted molar refractivity (Wildman–Crippen MR) is 75.9 cm³/mol. The first-order valence-electron chi connectivity index (χ1n) is 7.38. The zero-order valence-electron chi connectivity index (χ0n) is 12.1. The second-order valence-corrected chi connectivity index (χ2v) is 5.84. The molecule has 0 spiro atoms. The van der Waals surface area contributed by atoms with Crippen molar-refractivity contribution in [1.29, 1.82) is 0 Å². The number of aromatic nitrogens is 2. The Balaban J connectivity index is 2.04. The summed E-state index contributed by atoms with van der Waals surface area (Å²) in [6.07, 6.45) is 7.61. The van der Waals surface area contributed by atoms with E-state index in [1.54, 1.807) is 0 Å². The average Bonchev–Trinajstić information content (AvgIpc) is 3.07. The molecule has 2 rings (SSSR count). The van der Waals surface area contributed by atoms with Crippen LogP contribution in [0.5, 0.6) is 0 Å². The molecule has 0 aliphatic heterocycles. The number of nitrogens with two attached hydrogens (primary N) is 1. The van der Waals surface area contributed by atoms with Gasteiger partial charge in [-0.15, -0.1) is 0 Å². The molecule has 0 saturated heterocycles. The van der Waals surface area contributed by atoms with Crippen LogP contribution in [0, 0.1) is 5.41 Å². The fraction of sp³-hybridized carbons (Fsp3) is 0.733. The van der Waals surface area contributed by atoms with E-state index in [1.165, 1.54) is 0 Å². The highest BCUT2D eigenvalue weighted by molar-refractivity contribution is 5.87. The maximum absolute atomic E-state index is 12.5. The highest BCUT2D eigenvalue weighted by Gasteiger charge is 2.39. The van der Waals surface area contributed by atoms with Gasteiger partial charge in [0, 0.05) is 24.2 Å². The molecule has 1 atom stereocenters. The van der Waals surface area contributed by atoms with E-state index in [9.17, 15) is 4.79 Å². The third kappa shape index (κ3) is 2.89. The molecule has 1 fully saturated rings. The number of rotatable bonds is 6. The van der Waals surface area contributed by atoms with Crippen LogP contribution in [-0.4, -0.2) is 22.1 Å². The molecule has 0 radical (unpaired) electrons. The third-order valence-electron chi connectivity index (χ3n) is 4.59. The van der Waals surface area contributed by atoms with Gasteiger partial charge in [0.25, 0.3) is 0 Å². The Morgan fingerprint density at radius 3 is 2.79 bits per heavy atom. The van der Waals surface area contributed by atoms with E-state index in [1.807, 2.05) is 16.9 Å². The number of hydrogen-bond acceptors (Lipinski definition) is 3. The summed E-state index contributed by atoms with van der Waals surface area (Å²) in [4.78, 5) is 12.5. The summed E-state index contributed by atoms with van der Waals surface area (Å²) in [5.41, 5.74) is 6.47. The number of carbonyl (C=O) groups excluding carboxylic acids is 1. The summed E-state index contributed by atoms with van der Waals surface area (Å²) >= 11 is 0. The first kappa shape index (κ1) is 14.3. The van der Waals surface area contributed by atoms with E-state index in [-0.39, 0.29) is 11.2 Å². The van der Waals surface area contributed by atoms with Crippen molar-refractivity contribution in [2.45, 2.75) is 58.4 Å². The Labute approximate surface area is 115 Å². The molecule has 4 heteroatoms. The van der Waals surface area contributed by atoms with Gasteiger partial charge in [-0.05, 0) is 32.3 Å². The molecule has 19 heavy (non-hydrogen) atoms. The Hall–Kier alpha value is -1.16. The maximum atomic E-state index is 12.5. The first-order valence-corrected chi connectivity index (χ1v) is 7.38. The molecule has 4 nitrogen and oxygen atoms in total. The molecule has 2 N–H and O–H groups in total. The van der Waals surface area contributed by atoms with E-state index in [4.69, 9.17) is 5.73 Å². The predicted octanol–water partition coefficient (Wildman–Crippen LogP) is 2.48. The second kappa shape index (κ2) is 5.87. The molecule has 1 aromatic rings. The summed E-state index contributed by atoms with van der Waals surface area (Å²) in [5.74, 6) is 0.280. The van der Waals surface area contributed by atoms with Crippen molar-refractivity contribution < 1.29 is 4.79 Å². The van der Waals surface area contributed by atoms with Crippen LogP contribution in [0.15, 0.2) is 12.3 Å². The van der Waals surface area contributed by atoms with Crippen molar-refractivity contribution in [3.63, 3.8) is 0 Å². The number of carbonyl (C=O) groups is 1. The van der Waals surface area contributed by atoms with E-state index >= 15 is 0 Å². The maximum Gasteiger partial charge on any atom is 0.146 e. The Bertz CT molecular complexity index is 432. The van der Waals surface area contributed by atoms with Crippen molar-refractivity contribution in [3.8, 4) is 0 Å². The molecule has 1 aromatic heterocycles. The van der Waals surface area contributed by atoms with Gasteiger partial charge in [0.05, 0.1) is 12.1 Å². The van der Waals surface area contributed by atoms with Gasteiger partial charge in [-0.1, -0.05) is 19.8 Å². The summed E-state index contributed by atoms with van der Waals surface area (Å²) in [7, 11) is 0. The van der Waals surface area contributed by atoms with Crippen LogP contribution in [0.1, 0.15) is 57.7 Å². The minimum Gasteiger partial charge on any atom is -0.329 e. The van der Waals surface area contributed by atoms with Gasteiger partial charge < -0.3 is 5.73 Å². The van der Waals surface area contributed by atoms with E-state index < -0.39 is 0 Å². The van der Waals surface area contributed by atoms with Crippen LogP contribution in [0.4, 0.5) is 0 Å². The largest absolute Gasteiger partial charge is 0.329 e. The molecule has 0 bridgehead atoms. The minimum absolute atomic E-state index is 0.264. The smallest absolute Gasteiger partial charge is 0.146 e. The van der Waals surface area contributed by atoms with Gasteiger partial charge in [-0.2, -0.15) is 5.10 Å². The molecular formula is C15H25N3O. The van der Waals surface area contributed by atoms with Crippen LogP contribution >= 0.6 is 0 Å². The average molecular weight is 263 g/mol. The fourth-order valence-electron chi connectivity index (χ4n) is 2.90. The van der Waals surface area contributed by atoms with Crippen LogP contribution in [0.3, 0.4) is 0 Å². The lowest BCUT2D eigenvalue weighted by atomic mass is 9.80. The Kier molecular flexibility index (Phi) is 4.40. The molecule has 0 aromatic carbocycles. The highest BCUT2D eigenvalue weighted by atomic mass is 16.1. The minimum atomic E-state index is -0.264. The van der Waals surface area contributed by atoms with E-state index in [0.29, 0.717) is 19.0 Å². The van der Waals surface area contributed by atoms with Gasteiger partial charge in [-0.3, -0.25) is 9.48 Å². The van der Waals surface area contributed by atoms with Crippen molar-refractivity contribution in [2.75, 3.05) is 6.54 Å². The van der Waals surface area contributed by atoms with Crippen LogP contribution in [0.25, 0.3) is 0 Å². The van der Waals surface area contributed by atoms with E-state index in [0.717, 1.165) is 37.8 Å². The van der Waals surface area contributed by atoms with Gasteiger partial charge in [0.1, 0.15) is 5.78 Å². The fourth-order valence-corrected chi connectivity index (χ4v) is 2.90. The Morgan fingerprint density at radius 2 is 2.21 bits per heavy atom. The Morgan fingerprint density at radius 1 is 1.53 bits per heavy atom. The summed E-state index contributed by atoms with van der Waals surface area (Å²) < 4.78 is 1.95. The lowest BCUT2D eigenvalue weighted by Crippen LogP contribution is -2.37. The SMILES string of the molecule is CCC(C)n1ccc(CC(=O)C2(CN)CCCC2)n1. The van der Waals surface area contributed by atoms with Gasteiger partial charge in [-0.25, -0.2) is 0 Å². The molecule has 1 aliphatic carbocycles. The van der Waals surface area contributed by atoms with Gasteiger partial charge in [0.15, 0.2) is 0 Å². The van der Waals surface area contributed by atoms with Crippen molar-refractivity contribution >= 4 is 5.78 Å². The monoisotopic (exact) mass is 263 g/mol. The molecule has 106 valence electrons. The van der Waals surface area contributed by atoms with Crippen LogP contribution in [-0.2, 0) is 11.2 Å². The lowest BCUT2D eigenvalue weighted by molar-refractivity contribution is -0.127. The molecule has 0 amide bonds. The molecule has 1 saturated carbocycles. The first-order chi connectivity index (χ1) is 9.11. The second-order valence-electron chi connectivity index (χ2n) is 5.84. The number of hydrogen-bond donors (Lipinski definition) is 1. The normalized spacial score (nSPS) is 19.5. The zero-order valence-corrected chi connectivity index (χ0v) is 12.1. The van der Waals surface area contributed by atoms with Crippen molar-refractivity contribution in [2.24, 2.45) is 11.1 Å². The summed E-state index contributed by atoms with van der Waals surface area (Å²) in [6, 6.07) is 2.35. The third-order valence-corrected chi connectivity index (χ3v) is 4.59.